The van der Waals surface area contributed by atoms with Crippen LogP contribution in [0.4, 0.5) is 0 Å². The Balaban J connectivity index is 2.35. The van der Waals surface area contributed by atoms with Crippen LogP contribution < -0.4 is 10.1 Å². The summed E-state index contributed by atoms with van der Waals surface area (Å²) in [6, 6.07) is 7.93. The number of ether oxygens (including phenoxy) is 1. The van der Waals surface area contributed by atoms with Gasteiger partial charge in [0, 0.05) is 13.1 Å². The molecule has 1 rings (SSSR count). The van der Waals surface area contributed by atoms with E-state index in [0.29, 0.717) is 6.54 Å². The Morgan fingerprint density at radius 1 is 1.24 bits per heavy atom. The first kappa shape index (κ1) is 14.0. The van der Waals surface area contributed by atoms with Gasteiger partial charge in [0.05, 0.1) is 13.2 Å². The molecule has 0 radical (unpaired) electrons. The van der Waals surface area contributed by atoms with E-state index >= 15 is 0 Å². The van der Waals surface area contributed by atoms with Crippen molar-refractivity contribution < 1.29 is 9.84 Å². The quantitative estimate of drug-likeness (QED) is 0.825. The highest BCUT2D eigenvalue weighted by Gasteiger charge is 2.21. The van der Waals surface area contributed by atoms with Crippen LogP contribution in [-0.2, 0) is 6.54 Å². The molecule has 3 heteroatoms. The predicted molar refractivity (Wildman–Crippen MR) is 70.2 cm³/mol. The largest absolute Gasteiger partial charge is 0.497 e. The summed E-state index contributed by atoms with van der Waals surface area (Å²) in [7, 11) is 1.66. The second-order valence-electron chi connectivity index (χ2n) is 5.36. The molecule has 0 aliphatic heterocycles. The Bertz CT molecular complexity index is 327. The lowest BCUT2D eigenvalue weighted by Crippen LogP contribution is -2.36. The monoisotopic (exact) mass is 237 g/mol. The summed E-state index contributed by atoms with van der Waals surface area (Å²) in [5, 5.41) is 13.1. The summed E-state index contributed by atoms with van der Waals surface area (Å²) in [5.74, 6) is 0.864. The fourth-order valence-electron chi connectivity index (χ4n) is 1.40. The zero-order valence-corrected chi connectivity index (χ0v) is 11.2. The second-order valence-corrected chi connectivity index (χ2v) is 5.36. The maximum Gasteiger partial charge on any atom is 0.118 e. The highest BCUT2D eigenvalue weighted by Crippen LogP contribution is 2.18. The van der Waals surface area contributed by atoms with Crippen molar-refractivity contribution in [3.63, 3.8) is 0 Å². The van der Waals surface area contributed by atoms with Crippen molar-refractivity contribution in [2.24, 2.45) is 5.41 Å². The van der Waals surface area contributed by atoms with Gasteiger partial charge in [0.2, 0.25) is 0 Å². The van der Waals surface area contributed by atoms with E-state index < -0.39 is 0 Å². The Morgan fingerprint density at radius 2 is 1.82 bits per heavy atom. The molecule has 1 aromatic carbocycles. The lowest BCUT2D eigenvalue weighted by atomic mass is 9.89. The molecule has 0 bridgehead atoms. The van der Waals surface area contributed by atoms with Crippen molar-refractivity contribution >= 4 is 0 Å². The van der Waals surface area contributed by atoms with Gasteiger partial charge < -0.3 is 15.2 Å². The van der Waals surface area contributed by atoms with Crippen molar-refractivity contribution in [1.29, 1.82) is 0 Å². The normalized spacial score (nSPS) is 13.5. The average molecular weight is 237 g/mol. The summed E-state index contributed by atoms with van der Waals surface area (Å²) >= 11 is 0. The molecule has 0 aliphatic carbocycles. The molecule has 0 aromatic heterocycles. The minimum absolute atomic E-state index is 0.0765. The van der Waals surface area contributed by atoms with Crippen LogP contribution in [0.5, 0.6) is 5.75 Å². The molecule has 17 heavy (non-hydrogen) atoms. The van der Waals surface area contributed by atoms with Crippen LogP contribution in [0.25, 0.3) is 0 Å². The molecule has 2 N–H and O–H groups in total. The van der Waals surface area contributed by atoms with Crippen LogP contribution in [0.15, 0.2) is 24.3 Å². The van der Waals surface area contributed by atoms with E-state index in [-0.39, 0.29) is 11.5 Å². The third-order valence-electron chi connectivity index (χ3n) is 2.83. The molecule has 3 nitrogen and oxygen atoms in total. The number of methoxy groups -OCH3 is 1. The second kappa shape index (κ2) is 6.03. The van der Waals surface area contributed by atoms with Gasteiger partial charge in [0.25, 0.3) is 0 Å². The van der Waals surface area contributed by atoms with E-state index in [1.54, 1.807) is 7.11 Å². The molecule has 0 fully saturated rings. The maximum absolute atomic E-state index is 9.86. The van der Waals surface area contributed by atoms with Gasteiger partial charge in [0.1, 0.15) is 5.75 Å². The molecule has 0 amide bonds. The van der Waals surface area contributed by atoms with Crippen molar-refractivity contribution in [2.45, 2.75) is 33.4 Å². The van der Waals surface area contributed by atoms with Crippen LogP contribution in [-0.4, -0.2) is 24.9 Å². The topological polar surface area (TPSA) is 41.5 Å². The van der Waals surface area contributed by atoms with Crippen molar-refractivity contribution in [2.75, 3.05) is 13.7 Å². The molecular weight excluding hydrogens is 214 g/mol. The van der Waals surface area contributed by atoms with E-state index in [1.165, 1.54) is 5.56 Å². The molecule has 96 valence electrons. The van der Waals surface area contributed by atoms with Gasteiger partial charge in [-0.15, -0.1) is 0 Å². The summed E-state index contributed by atoms with van der Waals surface area (Å²) in [5.41, 5.74) is 1.11. The zero-order chi connectivity index (χ0) is 12.9. The molecule has 0 saturated heterocycles. The Hall–Kier alpha value is -1.06. The fraction of sp³-hybridized carbons (Fsp3) is 0.571. The van der Waals surface area contributed by atoms with E-state index in [0.717, 1.165) is 12.3 Å². The highest BCUT2D eigenvalue weighted by molar-refractivity contribution is 5.26. The zero-order valence-electron chi connectivity index (χ0n) is 11.2. The van der Waals surface area contributed by atoms with E-state index in [9.17, 15) is 5.11 Å². The summed E-state index contributed by atoms with van der Waals surface area (Å²) < 4.78 is 5.10. The number of benzene rings is 1. The van der Waals surface area contributed by atoms with Gasteiger partial charge in [-0.3, -0.25) is 0 Å². The predicted octanol–water partition coefficient (Wildman–Crippen LogP) is 2.19. The van der Waals surface area contributed by atoms with Gasteiger partial charge in [0.15, 0.2) is 0 Å². The maximum atomic E-state index is 9.86. The lowest BCUT2D eigenvalue weighted by Gasteiger charge is -2.26. The Kier molecular flexibility index (Phi) is 4.97. The first-order chi connectivity index (χ1) is 7.93. The Morgan fingerprint density at radius 3 is 2.29 bits per heavy atom. The SMILES string of the molecule is COc1ccc(CNCC(O)C(C)(C)C)cc1. The summed E-state index contributed by atoms with van der Waals surface area (Å²) in [6.45, 7) is 7.47. The third kappa shape index (κ3) is 4.75. The molecule has 1 unspecified atom stereocenters. The van der Waals surface area contributed by atoms with E-state index in [4.69, 9.17) is 4.74 Å². The fourth-order valence-corrected chi connectivity index (χ4v) is 1.40. The number of hydrogen-bond donors (Lipinski definition) is 2. The van der Waals surface area contributed by atoms with Crippen LogP contribution in [0.1, 0.15) is 26.3 Å². The standard InChI is InChI=1S/C14H23NO2/c1-14(2,3)13(16)10-15-9-11-5-7-12(17-4)8-6-11/h5-8,13,15-16H,9-10H2,1-4H3. The number of aliphatic hydroxyl groups excluding tert-OH is 1. The third-order valence-corrected chi connectivity index (χ3v) is 2.83. The molecule has 0 spiro atoms. The smallest absolute Gasteiger partial charge is 0.118 e. The summed E-state index contributed by atoms with van der Waals surface area (Å²) in [6.07, 6.45) is -0.333. The van der Waals surface area contributed by atoms with Gasteiger partial charge in [-0.25, -0.2) is 0 Å². The van der Waals surface area contributed by atoms with Gasteiger partial charge in [-0.2, -0.15) is 0 Å². The van der Waals surface area contributed by atoms with Crippen LogP contribution >= 0.6 is 0 Å². The lowest BCUT2D eigenvalue weighted by molar-refractivity contribution is 0.0627. The first-order valence-electron chi connectivity index (χ1n) is 5.95. The number of hydrogen-bond acceptors (Lipinski definition) is 3. The van der Waals surface area contributed by atoms with E-state index in [2.05, 4.69) is 5.32 Å². The number of rotatable bonds is 5. The van der Waals surface area contributed by atoms with Gasteiger partial charge in [-0.05, 0) is 23.1 Å². The highest BCUT2D eigenvalue weighted by atomic mass is 16.5. The molecular formula is C14H23NO2. The number of aliphatic hydroxyl groups is 1. The molecule has 0 aliphatic rings. The minimum Gasteiger partial charge on any atom is -0.497 e. The first-order valence-corrected chi connectivity index (χ1v) is 5.95. The van der Waals surface area contributed by atoms with Crippen LogP contribution in [0, 0.1) is 5.41 Å². The molecule has 1 aromatic rings. The molecule has 0 saturated carbocycles. The number of nitrogens with one attached hydrogen (secondary N) is 1. The minimum atomic E-state index is -0.333. The Labute approximate surface area is 104 Å². The van der Waals surface area contributed by atoms with E-state index in [1.807, 2.05) is 45.0 Å². The van der Waals surface area contributed by atoms with Crippen molar-refractivity contribution in [3.05, 3.63) is 29.8 Å². The van der Waals surface area contributed by atoms with Crippen molar-refractivity contribution in [3.8, 4) is 5.75 Å². The summed E-state index contributed by atoms with van der Waals surface area (Å²) in [4.78, 5) is 0. The van der Waals surface area contributed by atoms with Gasteiger partial charge in [-0.1, -0.05) is 32.9 Å². The molecule has 1 atom stereocenters. The van der Waals surface area contributed by atoms with Crippen LogP contribution in [0.2, 0.25) is 0 Å². The average Bonchev–Trinajstić information content (AvgIpc) is 2.28. The van der Waals surface area contributed by atoms with Crippen molar-refractivity contribution in [1.82, 2.24) is 5.32 Å². The van der Waals surface area contributed by atoms with Gasteiger partial charge >= 0.3 is 0 Å². The molecule has 0 heterocycles. The van der Waals surface area contributed by atoms with Crippen LogP contribution in [0.3, 0.4) is 0 Å².